The maximum Gasteiger partial charge on any atom is 0.338 e. The van der Waals surface area contributed by atoms with Crippen LogP contribution < -0.4 is 15.0 Å². The van der Waals surface area contributed by atoms with E-state index in [1.807, 2.05) is 6.92 Å². The molecule has 2 aromatic rings. The zero-order valence-electron chi connectivity index (χ0n) is 19.3. The average molecular weight is 465 g/mol. The lowest BCUT2D eigenvalue weighted by atomic mass is 9.76. The van der Waals surface area contributed by atoms with E-state index in [0.29, 0.717) is 29.6 Å². The van der Waals surface area contributed by atoms with Crippen LogP contribution in [0.5, 0.6) is 5.75 Å². The second-order valence-electron chi connectivity index (χ2n) is 8.77. The lowest BCUT2D eigenvalue weighted by Crippen LogP contribution is -2.30. The summed E-state index contributed by atoms with van der Waals surface area (Å²) < 4.78 is 10.5. The van der Waals surface area contributed by atoms with Crippen molar-refractivity contribution in [1.29, 1.82) is 0 Å². The third-order valence-electron chi connectivity index (χ3n) is 6.33. The van der Waals surface area contributed by atoms with Crippen LogP contribution in [0.4, 0.5) is 11.4 Å². The lowest BCUT2D eigenvalue weighted by Gasteiger charge is -2.25. The van der Waals surface area contributed by atoms with E-state index in [-0.39, 0.29) is 29.2 Å². The molecule has 3 amide bonds. The largest absolute Gasteiger partial charge is 0.494 e. The number of carbonyl (C=O) groups excluding carboxylic acids is 4. The van der Waals surface area contributed by atoms with Crippen LogP contribution in [-0.2, 0) is 19.1 Å². The summed E-state index contributed by atoms with van der Waals surface area (Å²) in [5.74, 6) is -0.847. The first kappa shape index (κ1) is 23.5. The number of fused-ring (bicyclic) bond motifs is 1. The molecule has 34 heavy (non-hydrogen) atoms. The third-order valence-corrected chi connectivity index (χ3v) is 6.33. The molecule has 1 saturated carbocycles. The maximum absolute atomic E-state index is 12.9. The van der Waals surface area contributed by atoms with E-state index in [9.17, 15) is 19.2 Å². The molecular formula is C26H28N2O6. The molecule has 2 aliphatic rings. The number of nitrogens with one attached hydrogen (secondary N) is 1. The SMILES string of the molecule is CCOc1ccc(NC(=O)COC(=O)c2ccc(N3C(=O)[C@H]4C[C@@H](C)CC[C@H]4C3=O)cc2)cc1. The van der Waals surface area contributed by atoms with Gasteiger partial charge in [0.25, 0.3) is 5.91 Å². The van der Waals surface area contributed by atoms with Crippen molar-refractivity contribution in [2.24, 2.45) is 17.8 Å². The minimum atomic E-state index is -0.671. The Morgan fingerprint density at radius 1 is 0.971 bits per heavy atom. The van der Waals surface area contributed by atoms with E-state index >= 15 is 0 Å². The quantitative estimate of drug-likeness (QED) is 0.494. The number of benzene rings is 2. The molecule has 0 aromatic heterocycles. The first-order valence-corrected chi connectivity index (χ1v) is 11.5. The van der Waals surface area contributed by atoms with Crippen LogP contribution in [0.15, 0.2) is 48.5 Å². The molecule has 0 unspecified atom stereocenters. The number of rotatable bonds is 7. The molecule has 1 aliphatic heterocycles. The van der Waals surface area contributed by atoms with Gasteiger partial charge in [0.05, 0.1) is 29.7 Å². The predicted octanol–water partition coefficient (Wildman–Crippen LogP) is 3.81. The number of ether oxygens (including phenoxy) is 2. The van der Waals surface area contributed by atoms with Crippen LogP contribution in [0.25, 0.3) is 0 Å². The second-order valence-corrected chi connectivity index (χ2v) is 8.77. The van der Waals surface area contributed by atoms with Crippen molar-refractivity contribution < 1.29 is 28.7 Å². The zero-order chi connectivity index (χ0) is 24.2. The van der Waals surface area contributed by atoms with Crippen LogP contribution in [-0.4, -0.2) is 36.9 Å². The summed E-state index contributed by atoms with van der Waals surface area (Å²) in [6.07, 6.45) is 2.41. The fraction of sp³-hybridized carbons (Fsp3) is 0.385. The van der Waals surface area contributed by atoms with E-state index in [1.54, 1.807) is 36.4 Å². The number of hydrogen-bond acceptors (Lipinski definition) is 6. The van der Waals surface area contributed by atoms with Gasteiger partial charge in [0, 0.05) is 5.69 Å². The fourth-order valence-electron chi connectivity index (χ4n) is 4.60. The highest BCUT2D eigenvalue weighted by Gasteiger charge is 2.49. The van der Waals surface area contributed by atoms with Gasteiger partial charge in [-0.15, -0.1) is 0 Å². The number of hydrogen-bond donors (Lipinski definition) is 1. The summed E-state index contributed by atoms with van der Waals surface area (Å²) in [5.41, 5.74) is 1.23. The minimum absolute atomic E-state index is 0.164. The predicted molar refractivity (Wildman–Crippen MR) is 125 cm³/mol. The first-order valence-electron chi connectivity index (χ1n) is 11.5. The summed E-state index contributed by atoms with van der Waals surface area (Å²) in [4.78, 5) is 51.4. The molecule has 1 aliphatic carbocycles. The Hall–Kier alpha value is -3.68. The molecule has 3 atom stereocenters. The molecule has 8 nitrogen and oxygen atoms in total. The van der Waals surface area contributed by atoms with Crippen LogP contribution in [0, 0.1) is 17.8 Å². The van der Waals surface area contributed by atoms with Crippen molar-refractivity contribution in [2.45, 2.75) is 33.1 Å². The molecule has 8 heteroatoms. The van der Waals surface area contributed by atoms with Gasteiger partial charge in [0.2, 0.25) is 11.8 Å². The van der Waals surface area contributed by atoms with E-state index in [2.05, 4.69) is 12.2 Å². The van der Waals surface area contributed by atoms with E-state index < -0.39 is 18.5 Å². The number of imide groups is 1. The standard InChI is InChI=1S/C26H28N2O6/c1-3-33-20-11-7-18(8-12-20)27-23(29)15-34-26(32)17-5-9-19(10-6-17)28-24(30)21-13-4-16(2)14-22(21)25(28)31/h5-12,16,21-22H,3-4,13-15H2,1-2H3,(H,27,29)/t16-,21+,22-/m0/s1. The van der Waals surface area contributed by atoms with Crippen LogP contribution >= 0.6 is 0 Å². The highest BCUT2D eigenvalue weighted by Crippen LogP contribution is 2.42. The molecule has 4 rings (SSSR count). The van der Waals surface area contributed by atoms with Gasteiger partial charge in [-0.2, -0.15) is 0 Å². The number of amides is 3. The summed E-state index contributed by atoms with van der Waals surface area (Å²) in [6, 6.07) is 13.0. The van der Waals surface area contributed by atoms with E-state index in [0.717, 1.165) is 19.3 Å². The third kappa shape index (κ3) is 4.95. The molecule has 1 heterocycles. The molecule has 1 saturated heterocycles. The van der Waals surface area contributed by atoms with E-state index in [1.165, 1.54) is 17.0 Å². The van der Waals surface area contributed by atoms with Crippen LogP contribution in [0.1, 0.15) is 43.5 Å². The van der Waals surface area contributed by atoms with Gasteiger partial charge in [-0.25, -0.2) is 4.79 Å². The van der Waals surface area contributed by atoms with Crippen molar-refractivity contribution in [1.82, 2.24) is 0 Å². The molecule has 2 fully saturated rings. The smallest absolute Gasteiger partial charge is 0.338 e. The van der Waals surface area contributed by atoms with Gasteiger partial charge in [-0.3, -0.25) is 19.3 Å². The highest BCUT2D eigenvalue weighted by molar-refractivity contribution is 6.22. The van der Waals surface area contributed by atoms with Crippen LogP contribution in [0.2, 0.25) is 0 Å². The van der Waals surface area contributed by atoms with Crippen LogP contribution in [0.3, 0.4) is 0 Å². The van der Waals surface area contributed by atoms with Crippen molar-refractivity contribution in [2.75, 3.05) is 23.4 Å². The molecule has 178 valence electrons. The lowest BCUT2D eigenvalue weighted by molar-refractivity contribution is -0.122. The molecule has 0 radical (unpaired) electrons. The normalized spacial score (nSPS) is 21.7. The van der Waals surface area contributed by atoms with Crippen molar-refractivity contribution in [3.63, 3.8) is 0 Å². The van der Waals surface area contributed by atoms with E-state index in [4.69, 9.17) is 9.47 Å². The van der Waals surface area contributed by atoms with Gasteiger partial charge in [0.15, 0.2) is 6.61 Å². The summed E-state index contributed by atoms with van der Waals surface area (Å²) in [7, 11) is 0. The highest BCUT2D eigenvalue weighted by atomic mass is 16.5. The molecule has 1 N–H and O–H groups in total. The van der Waals surface area contributed by atoms with Crippen molar-refractivity contribution in [3.05, 3.63) is 54.1 Å². The molecular weight excluding hydrogens is 436 g/mol. The number of carbonyl (C=O) groups is 4. The summed E-state index contributed by atoms with van der Waals surface area (Å²) in [6.45, 7) is 4.09. The van der Waals surface area contributed by atoms with Gasteiger partial charge in [0.1, 0.15) is 5.75 Å². The summed E-state index contributed by atoms with van der Waals surface area (Å²) >= 11 is 0. The van der Waals surface area contributed by atoms with Crippen molar-refractivity contribution >= 4 is 35.1 Å². The zero-order valence-corrected chi connectivity index (χ0v) is 19.3. The maximum atomic E-state index is 12.9. The monoisotopic (exact) mass is 464 g/mol. The van der Waals surface area contributed by atoms with Gasteiger partial charge < -0.3 is 14.8 Å². The second kappa shape index (κ2) is 10.1. The summed E-state index contributed by atoms with van der Waals surface area (Å²) in [5, 5.41) is 2.65. The minimum Gasteiger partial charge on any atom is -0.494 e. The van der Waals surface area contributed by atoms with Crippen molar-refractivity contribution in [3.8, 4) is 5.75 Å². The van der Waals surface area contributed by atoms with Gasteiger partial charge >= 0.3 is 5.97 Å². The Morgan fingerprint density at radius 3 is 2.32 bits per heavy atom. The first-order chi connectivity index (χ1) is 16.4. The number of esters is 1. The Morgan fingerprint density at radius 2 is 1.65 bits per heavy atom. The molecule has 0 bridgehead atoms. The number of nitrogens with zero attached hydrogens (tertiary/aromatic N) is 1. The molecule has 0 spiro atoms. The fourth-order valence-corrected chi connectivity index (χ4v) is 4.60. The Labute approximate surface area is 198 Å². The van der Waals surface area contributed by atoms with Gasteiger partial charge in [-0.05, 0) is 80.6 Å². The van der Waals surface area contributed by atoms with Gasteiger partial charge in [-0.1, -0.05) is 6.92 Å². The Bertz CT molecular complexity index is 1080. The topological polar surface area (TPSA) is 102 Å². The molecule has 2 aromatic carbocycles. The Kier molecular flexibility index (Phi) is 6.95. The number of anilines is 2. The Balaban J connectivity index is 1.32. The average Bonchev–Trinajstić information content (AvgIpc) is 3.08.